The molecule has 20 heavy (non-hydrogen) atoms. The molecule has 0 N–H and O–H groups in total. The van der Waals surface area contributed by atoms with Crippen molar-refractivity contribution < 1.29 is 0 Å². The Bertz CT molecular complexity index is 283. The third kappa shape index (κ3) is 3.79. The summed E-state index contributed by atoms with van der Waals surface area (Å²) in [5, 5.41) is 2.52. The average Bonchev–Trinajstić information content (AvgIpc) is 2.88. The lowest BCUT2D eigenvalue weighted by molar-refractivity contribution is 0.639. The largest absolute Gasteiger partial charge is 0.0933 e. The molecule has 2 aliphatic heterocycles. The fraction of sp³-hybridized carbons (Fsp3) is 1.00. The van der Waals surface area contributed by atoms with Crippen molar-refractivity contribution in [3.05, 3.63) is 0 Å². The van der Waals surface area contributed by atoms with Crippen LogP contribution in [0.4, 0.5) is 0 Å². The lowest BCUT2D eigenvalue weighted by Crippen LogP contribution is -2.24. The number of hydrogen-bond acceptors (Lipinski definition) is 0. The minimum absolute atomic E-state index is 0.291. The van der Waals surface area contributed by atoms with Crippen LogP contribution in [0.15, 0.2) is 0 Å². The summed E-state index contributed by atoms with van der Waals surface area (Å²) in [6, 6.07) is 0. The minimum atomic E-state index is 0.291. The Kier molecular flexibility index (Phi) is 5.99. The molecule has 2 rings (SSSR count). The third-order valence-corrected chi connectivity index (χ3v) is 14.5. The maximum absolute atomic E-state index is 2.59. The van der Waals surface area contributed by atoms with E-state index in [4.69, 9.17) is 0 Å². The zero-order chi connectivity index (χ0) is 14.8. The summed E-state index contributed by atoms with van der Waals surface area (Å²) >= 11 is 0. The second kappa shape index (κ2) is 6.96. The maximum atomic E-state index is 2.59. The first kappa shape index (κ1) is 17.2. The van der Waals surface area contributed by atoms with Gasteiger partial charge in [-0.1, -0.05) is 69.7 Å². The van der Waals surface area contributed by atoms with Gasteiger partial charge in [0.05, 0.1) is 0 Å². The standard InChI is InChI=1S/C18H36P2/c1-6-7-8-11-16(19-14-9-12-17(19,2)3)20-15-10-13-18(20,4)5/h16H,6-15H2,1-5H3. The Balaban J connectivity index is 2.12. The normalized spacial score (nSPS) is 33.5. The van der Waals surface area contributed by atoms with E-state index in [9.17, 15) is 0 Å². The SMILES string of the molecule is CCCCCC(P1CCCC1(C)C)P1CCCC1(C)C. The molecule has 0 saturated carbocycles. The van der Waals surface area contributed by atoms with Crippen molar-refractivity contribution >= 4 is 15.8 Å². The van der Waals surface area contributed by atoms with E-state index >= 15 is 0 Å². The van der Waals surface area contributed by atoms with E-state index < -0.39 is 0 Å². The van der Waals surface area contributed by atoms with Gasteiger partial charge in [0.25, 0.3) is 0 Å². The molecule has 0 aromatic rings. The van der Waals surface area contributed by atoms with Gasteiger partial charge in [-0.15, -0.1) is 0 Å². The van der Waals surface area contributed by atoms with Gasteiger partial charge in [0.2, 0.25) is 0 Å². The van der Waals surface area contributed by atoms with E-state index in [0.29, 0.717) is 26.2 Å². The molecule has 2 heteroatoms. The monoisotopic (exact) mass is 314 g/mol. The highest BCUT2D eigenvalue weighted by molar-refractivity contribution is 7.77. The zero-order valence-electron chi connectivity index (χ0n) is 14.5. The summed E-state index contributed by atoms with van der Waals surface area (Å²) in [5.74, 6) is 0. The highest BCUT2D eigenvalue weighted by atomic mass is 31.2. The van der Waals surface area contributed by atoms with Crippen molar-refractivity contribution in [2.75, 3.05) is 12.3 Å². The molecule has 0 nitrogen and oxygen atoms in total. The number of rotatable bonds is 6. The van der Waals surface area contributed by atoms with Gasteiger partial charge in [0.1, 0.15) is 0 Å². The molecular weight excluding hydrogens is 278 g/mol. The summed E-state index contributed by atoms with van der Waals surface area (Å²) in [7, 11) is 0.582. The molecule has 2 fully saturated rings. The molecule has 0 aliphatic carbocycles. The molecule has 0 bridgehead atoms. The Morgan fingerprint density at radius 3 is 1.70 bits per heavy atom. The Labute approximate surface area is 130 Å². The van der Waals surface area contributed by atoms with E-state index in [0.717, 1.165) is 5.40 Å². The number of hydrogen-bond donors (Lipinski definition) is 0. The summed E-state index contributed by atoms with van der Waals surface area (Å²) in [6.07, 6.45) is 15.2. The summed E-state index contributed by atoms with van der Waals surface area (Å²) in [5.41, 5.74) is 0. The Morgan fingerprint density at radius 1 is 0.850 bits per heavy atom. The highest BCUT2D eigenvalue weighted by Crippen LogP contribution is 2.75. The van der Waals surface area contributed by atoms with Crippen LogP contribution in [-0.2, 0) is 0 Å². The fourth-order valence-corrected chi connectivity index (χ4v) is 14.6. The fourth-order valence-electron chi connectivity index (χ4n) is 4.42. The van der Waals surface area contributed by atoms with E-state index in [2.05, 4.69) is 34.6 Å². The zero-order valence-corrected chi connectivity index (χ0v) is 16.3. The van der Waals surface area contributed by atoms with Crippen LogP contribution in [-0.4, -0.2) is 28.0 Å². The second-order valence-electron chi connectivity index (χ2n) is 8.20. The lowest BCUT2D eigenvalue weighted by Gasteiger charge is -2.43. The van der Waals surface area contributed by atoms with Crippen LogP contribution in [0.25, 0.3) is 0 Å². The first-order chi connectivity index (χ1) is 9.38. The molecular formula is C18H36P2. The smallest absolute Gasteiger partial charge is 0.000374 e. The van der Waals surface area contributed by atoms with E-state index in [1.54, 1.807) is 18.7 Å². The molecule has 118 valence electrons. The van der Waals surface area contributed by atoms with E-state index in [1.807, 2.05) is 0 Å². The molecule has 2 atom stereocenters. The molecule has 0 aromatic heterocycles. The van der Waals surface area contributed by atoms with Crippen LogP contribution in [0, 0.1) is 0 Å². The summed E-state index contributed by atoms with van der Waals surface area (Å²) in [6.45, 7) is 12.7. The van der Waals surface area contributed by atoms with Gasteiger partial charge in [0, 0.05) is 5.40 Å². The highest BCUT2D eigenvalue weighted by Gasteiger charge is 2.46. The first-order valence-corrected chi connectivity index (χ1v) is 12.1. The quantitative estimate of drug-likeness (QED) is 0.365. The van der Waals surface area contributed by atoms with Gasteiger partial charge in [-0.25, -0.2) is 0 Å². The first-order valence-electron chi connectivity index (χ1n) is 8.92. The molecule has 0 radical (unpaired) electrons. The van der Waals surface area contributed by atoms with Crippen LogP contribution in [0.1, 0.15) is 86.0 Å². The van der Waals surface area contributed by atoms with Crippen molar-refractivity contribution in [1.29, 1.82) is 0 Å². The van der Waals surface area contributed by atoms with Crippen molar-refractivity contribution in [1.82, 2.24) is 0 Å². The van der Waals surface area contributed by atoms with Crippen molar-refractivity contribution in [3.8, 4) is 0 Å². The van der Waals surface area contributed by atoms with Gasteiger partial charge in [-0.2, -0.15) is 0 Å². The van der Waals surface area contributed by atoms with Crippen molar-refractivity contribution in [2.24, 2.45) is 0 Å². The van der Waals surface area contributed by atoms with Crippen LogP contribution >= 0.6 is 15.8 Å². The van der Waals surface area contributed by atoms with Crippen LogP contribution in [0.5, 0.6) is 0 Å². The summed E-state index contributed by atoms with van der Waals surface area (Å²) < 4.78 is 0. The Morgan fingerprint density at radius 2 is 1.35 bits per heavy atom. The van der Waals surface area contributed by atoms with Crippen molar-refractivity contribution in [2.45, 2.75) is 102 Å². The predicted molar refractivity (Wildman–Crippen MR) is 98.1 cm³/mol. The van der Waals surface area contributed by atoms with Gasteiger partial charge >= 0.3 is 0 Å². The molecule has 0 spiro atoms. The van der Waals surface area contributed by atoms with Gasteiger partial charge in [-0.3, -0.25) is 0 Å². The van der Waals surface area contributed by atoms with E-state index in [-0.39, 0.29) is 0 Å². The van der Waals surface area contributed by atoms with Gasteiger partial charge in [0.15, 0.2) is 0 Å². The molecule has 2 aliphatic rings. The molecule has 0 aromatic carbocycles. The third-order valence-electron chi connectivity index (χ3n) is 5.72. The van der Waals surface area contributed by atoms with E-state index in [1.165, 1.54) is 44.9 Å². The Hall–Kier alpha value is 0.860. The molecule has 2 unspecified atom stereocenters. The summed E-state index contributed by atoms with van der Waals surface area (Å²) in [4.78, 5) is 0. The molecule has 0 amide bonds. The van der Waals surface area contributed by atoms with Crippen LogP contribution < -0.4 is 0 Å². The second-order valence-corrected chi connectivity index (χ2v) is 15.0. The molecule has 2 saturated heterocycles. The maximum Gasteiger partial charge on any atom is 0.000374 e. The van der Waals surface area contributed by atoms with Crippen LogP contribution in [0.2, 0.25) is 0 Å². The topological polar surface area (TPSA) is 0 Å². The van der Waals surface area contributed by atoms with Gasteiger partial charge < -0.3 is 0 Å². The lowest BCUT2D eigenvalue weighted by atomic mass is 10.1. The molecule has 2 heterocycles. The minimum Gasteiger partial charge on any atom is -0.0933 e. The average molecular weight is 314 g/mol. The van der Waals surface area contributed by atoms with Gasteiger partial charge in [-0.05, 0) is 54.7 Å². The predicted octanol–water partition coefficient (Wildman–Crippen LogP) is 7.00. The van der Waals surface area contributed by atoms with Crippen molar-refractivity contribution in [3.63, 3.8) is 0 Å². The van der Waals surface area contributed by atoms with Crippen LogP contribution in [0.3, 0.4) is 0 Å². The number of unbranched alkanes of at least 4 members (excludes halogenated alkanes) is 2.